The molecule has 1 aliphatic rings. The Labute approximate surface area is 154 Å². The van der Waals surface area contributed by atoms with Crippen LogP contribution in [0.2, 0.25) is 0 Å². The van der Waals surface area contributed by atoms with Crippen molar-refractivity contribution >= 4 is 18.0 Å². The standard InChI is InChI=1S/C17H19FN6O3/c18-14-11(8-20-15(19)23-17(25)26)2-1-3-13(14)12-9-21-16(22-10-12)24-4-6-27-7-5-24/h1-3,9-10H,4-8H2,(H,25,26)(H3,19,20,23). The van der Waals surface area contributed by atoms with Crippen LogP contribution in [-0.2, 0) is 11.3 Å². The highest BCUT2D eigenvalue weighted by atomic mass is 19.1. The Morgan fingerprint density at radius 1 is 1.30 bits per heavy atom. The second-order valence-corrected chi connectivity index (χ2v) is 5.81. The molecule has 0 unspecified atom stereocenters. The minimum atomic E-state index is -1.36. The van der Waals surface area contributed by atoms with Crippen molar-refractivity contribution in [3.63, 3.8) is 0 Å². The molecule has 1 fully saturated rings. The van der Waals surface area contributed by atoms with E-state index in [-0.39, 0.29) is 6.54 Å². The fourth-order valence-corrected chi connectivity index (χ4v) is 2.66. The Hall–Kier alpha value is -3.27. The molecule has 27 heavy (non-hydrogen) atoms. The van der Waals surface area contributed by atoms with Crippen molar-refractivity contribution in [3.05, 3.63) is 42.0 Å². The molecule has 1 saturated heterocycles. The maximum atomic E-state index is 14.8. The number of morpholine rings is 1. The van der Waals surface area contributed by atoms with E-state index in [4.69, 9.17) is 15.3 Å². The molecule has 10 heteroatoms. The molecular weight excluding hydrogens is 355 g/mol. The number of amides is 1. The summed E-state index contributed by atoms with van der Waals surface area (Å²) in [4.78, 5) is 21.1. The largest absolute Gasteiger partial charge is 0.465 e. The van der Waals surface area contributed by atoms with Gasteiger partial charge in [0.25, 0.3) is 0 Å². The summed E-state index contributed by atoms with van der Waals surface area (Å²) in [7, 11) is 0. The highest BCUT2D eigenvalue weighted by Crippen LogP contribution is 2.25. The zero-order valence-corrected chi connectivity index (χ0v) is 14.4. The van der Waals surface area contributed by atoms with Crippen LogP contribution in [0.15, 0.2) is 30.6 Å². The molecule has 0 spiro atoms. The van der Waals surface area contributed by atoms with Crippen LogP contribution in [0.5, 0.6) is 0 Å². The number of aromatic nitrogens is 2. The molecule has 0 aliphatic carbocycles. The van der Waals surface area contributed by atoms with Gasteiger partial charge in [-0.2, -0.15) is 0 Å². The first kappa shape index (κ1) is 18.5. The Morgan fingerprint density at radius 2 is 2.00 bits per heavy atom. The lowest BCUT2D eigenvalue weighted by Crippen LogP contribution is -2.39. The number of hydrogen-bond donors (Lipinski definition) is 4. The first-order valence-corrected chi connectivity index (χ1v) is 8.29. The van der Waals surface area contributed by atoms with Gasteiger partial charge in [-0.1, -0.05) is 18.2 Å². The van der Waals surface area contributed by atoms with Crippen molar-refractivity contribution in [2.75, 3.05) is 31.2 Å². The van der Waals surface area contributed by atoms with Gasteiger partial charge in [-0.15, -0.1) is 0 Å². The van der Waals surface area contributed by atoms with E-state index in [9.17, 15) is 9.18 Å². The zero-order valence-electron chi connectivity index (χ0n) is 14.4. The number of benzene rings is 1. The second-order valence-electron chi connectivity index (χ2n) is 5.81. The number of guanidine groups is 1. The summed E-state index contributed by atoms with van der Waals surface area (Å²) >= 11 is 0. The molecule has 2 heterocycles. The summed E-state index contributed by atoms with van der Waals surface area (Å²) in [5, 5.41) is 20.3. The van der Waals surface area contributed by atoms with Crippen molar-refractivity contribution in [1.82, 2.24) is 20.6 Å². The quantitative estimate of drug-likeness (QED) is 0.471. The SMILES string of the molecule is N=C(NCc1cccc(-c2cnc(N3CCOCC3)nc2)c1F)NC(=O)O. The number of rotatable bonds is 4. The molecule has 0 saturated carbocycles. The molecule has 0 atom stereocenters. The number of carboxylic acid groups (broad SMARTS) is 1. The van der Waals surface area contributed by atoms with E-state index in [2.05, 4.69) is 15.3 Å². The van der Waals surface area contributed by atoms with Crippen molar-refractivity contribution in [3.8, 4) is 11.1 Å². The number of carbonyl (C=O) groups is 1. The lowest BCUT2D eigenvalue weighted by atomic mass is 10.0. The van der Waals surface area contributed by atoms with Gasteiger partial charge in [-0.05, 0) is 0 Å². The van der Waals surface area contributed by atoms with Gasteiger partial charge in [0.1, 0.15) is 5.82 Å². The van der Waals surface area contributed by atoms with E-state index >= 15 is 0 Å². The Kier molecular flexibility index (Phi) is 5.77. The van der Waals surface area contributed by atoms with Crippen molar-refractivity contribution in [1.29, 1.82) is 5.41 Å². The summed E-state index contributed by atoms with van der Waals surface area (Å²) in [6.45, 7) is 2.64. The first-order valence-electron chi connectivity index (χ1n) is 8.29. The van der Waals surface area contributed by atoms with Crippen molar-refractivity contribution in [2.45, 2.75) is 6.54 Å². The molecule has 0 bridgehead atoms. The van der Waals surface area contributed by atoms with Crippen molar-refractivity contribution in [2.24, 2.45) is 0 Å². The Morgan fingerprint density at radius 3 is 2.67 bits per heavy atom. The molecule has 9 nitrogen and oxygen atoms in total. The average Bonchev–Trinajstić information content (AvgIpc) is 2.67. The molecule has 3 rings (SSSR count). The van der Waals surface area contributed by atoms with Crippen LogP contribution < -0.4 is 15.5 Å². The molecule has 1 aliphatic heterocycles. The number of hydrogen-bond acceptors (Lipinski definition) is 6. The van der Waals surface area contributed by atoms with Gasteiger partial charge in [0, 0.05) is 48.7 Å². The molecule has 1 aromatic carbocycles. The lowest BCUT2D eigenvalue weighted by Gasteiger charge is -2.26. The van der Waals surface area contributed by atoms with Gasteiger partial charge in [0.2, 0.25) is 5.95 Å². The summed E-state index contributed by atoms with van der Waals surface area (Å²) in [5.41, 5.74) is 1.16. The lowest BCUT2D eigenvalue weighted by molar-refractivity contribution is 0.122. The summed E-state index contributed by atoms with van der Waals surface area (Å²) in [5.74, 6) is -0.324. The smallest absolute Gasteiger partial charge is 0.411 e. The van der Waals surface area contributed by atoms with E-state index < -0.39 is 17.9 Å². The maximum absolute atomic E-state index is 14.8. The fourth-order valence-electron chi connectivity index (χ4n) is 2.66. The highest BCUT2D eigenvalue weighted by Gasteiger charge is 2.15. The fraction of sp³-hybridized carbons (Fsp3) is 0.294. The minimum absolute atomic E-state index is 0.0362. The number of anilines is 1. The van der Waals surface area contributed by atoms with Crippen LogP contribution >= 0.6 is 0 Å². The molecule has 2 aromatic rings. The van der Waals surface area contributed by atoms with Crippen LogP contribution in [0.1, 0.15) is 5.56 Å². The normalized spacial score (nSPS) is 13.9. The molecule has 4 N–H and O–H groups in total. The minimum Gasteiger partial charge on any atom is -0.465 e. The second kappa shape index (κ2) is 8.41. The third kappa shape index (κ3) is 4.67. The van der Waals surface area contributed by atoms with Crippen LogP contribution in [-0.4, -0.2) is 53.4 Å². The molecular formula is C17H19FN6O3. The van der Waals surface area contributed by atoms with Crippen LogP contribution in [0, 0.1) is 11.2 Å². The summed E-state index contributed by atoms with van der Waals surface area (Å²) < 4.78 is 20.1. The predicted octanol–water partition coefficient (Wildman–Crippen LogP) is 1.41. The van der Waals surface area contributed by atoms with Gasteiger partial charge < -0.3 is 20.1 Å². The molecule has 142 valence electrons. The molecule has 1 aromatic heterocycles. The number of nitrogens with zero attached hydrogens (tertiary/aromatic N) is 3. The van der Waals surface area contributed by atoms with E-state index in [1.54, 1.807) is 30.6 Å². The van der Waals surface area contributed by atoms with Gasteiger partial charge in [0.15, 0.2) is 5.96 Å². The highest BCUT2D eigenvalue weighted by molar-refractivity contribution is 5.91. The maximum Gasteiger partial charge on any atom is 0.411 e. The van der Waals surface area contributed by atoms with Gasteiger partial charge in [-0.25, -0.2) is 19.2 Å². The van der Waals surface area contributed by atoms with Crippen LogP contribution in [0.25, 0.3) is 11.1 Å². The molecule has 1 amide bonds. The van der Waals surface area contributed by atoms with E-state index in [1.165, 1.54) is 0 Å². The number of nitrogens with one attached hydrogen (secondary N) is 3. The number of halogens is 1. The van der Waals surface area contributed by atoms with Gasteiger partial charge >= 0.3 is 6.09 Å². The average molecular weight is 374 g/mol. The van der Waals surface area contributed by atoms with E-state index in [1.807, 2.05) is 10.2 Å². The Balaban J connectivity index is 1.73. The summed E-state index contributed by atoms with van der Waals surface area (Å²) in [6, 6.07) is 4.86. The Bertz CT molecular complexity index is 824. The predicted molar refractivity (Wildman–Crippen MR) is 96.2 cm³/mol. The third-order valence-electron chi connectivity index (χ3n) is 4.01. The van der Waals surface area contributed by atoms with Gasteiger partial charge in [-0.3, -0.25) is 10.7 Å². The van der Waals surface area contributed by atoms with Gasteiger partial charge in [0.05, 0.1) is 13.2 Å². The topological polar surface area (TPSA) is 123 Å². The number of ether oxygens (including phenoxy) is 1. The van der Waals surface area contributed by atoms with Crippen molar-refractivity contribution < 1.29 is 19.0 Å². The zero-order chi connectivity index (χ0) is 19.2. The van der Waals surface area contributed by atoms with Crippen LogP contribution in [0.4, 0.5) is 15.1 Å². The van der Waals surface area contributed by atoms with E-state index in [0.717, 1.165) is 0 Å². The summed E-state index contributed by atoms with van der Waals surface area (Å²) in [6.07, 6.45) is 1.78. The third-order valence-corrected chi connectivity index (χ3v) is 4.01. The first-order chi connectivity index (χ1) is 13.0. The molecule has 0 radical (unpaired) electrons. The van der Waals surface area contributed by atoms with Crippen LogP contribution in [0.3, 0.4) is 0 Å². The van der Waals surface area contributed by atoms with E-state index in [0.29, 0.717) is 48.9 Å². The monoisotopic (exact) mass is 374 g/mol.